The minimum Gasteiger partial charge on any atom is -0.352 e. The lowest BCUT2D eigenvalue weighted by Crippen LogP contribution is -2.53. The van der Waals surface area contributed by atoms with Gasteiger partial charge in [0.2, 0.25) is 11.8 Å². The number of sulfonamides is 1. The molecule has 1 N–H and O–H groups in total. The maximum absolute atomic E-state index is 14.1. The summed E-state index contributed by atoms with van der Waals surface area (Å²) in [5.41, 5.74) is 3.37. The van der Waals surface area contributed by atoms with Crippen LogP contribution in [0.3, 0.4) is 0 Å². The van der Waals surface area contributed by atoms with Gasteiger partial charge < -0.3 is 10.2 Å². The number of nitrogens with zero attached hydrogens (tertiary/aromatic N) is 2. The molecule has 0 aliphatic heterocycles. The molecule has 0 heterocycles. The number of anilines is 1. The first-order valence-corrected chi connectivity index (χ1v) is 15.9. The van der Waals surface area contributed by atoms with Crippen molar-refractivity contribution >= 4 is 27.5 Å². The molecule has 2 amide bonds. The summed E-state index contributed by atoms with van der Waals surface area (Å²) >= 11 is 0. The van der Waals surface area contributed by atoms with E-state index in [9.17, 15) is 18.0 Å². The smallest absolute Gasteiger partial charge is 0.264 e. The van der Waals surface area contributed by atoms with E-state index in [2.05, 4.69) is 5.32 Å². The number of hydrogen-bond acceptors (Lipinski definition) is 4. The van der Waals surface area contributed by atoms with Crippen LogP contribution in [0.2, 0.25) is 0 Å². The second-order valence-corrected chi connectivity index (χ2v) is 12.7. The van der Waals surface area contributed by atoms with Crippen LogP contribution in [0.25, 0.3) is 0 Å². The van der Waals surface area contributed by atoms with Gasteiger partial charge in [-0.25, -0.2) is 8.42 Å². The van der Waals surface area contributed by atoms with E-state index in [4.69, 9.17) is 0 Å². The van der Waals surface area contributed by atoms with Gasteiger partial charge in [0.05, 0.1) is 10.6 Å². The maximum Gasteiger partial charge on any atom is 0.264 e. The Hall–Kier alpha value is -3.65. The molecule has 3 aromatic rings. The molecule has 0 radical (unpaired) electrons. The quantitative estimate of drug-likeness (QED) is 0.322. The van der Waals surface area contributed by atoms with E-state index in [1.165, 1.54) is 23.5 Å². The fraction of sp³-hybridized carbons (Fsp3) is 0.394. The second kappa shape index (κ2) is 13.8. The van der Waals surface area contributed by atoms with Crippen LogP contribution < -0.4 is 9.62 Å². The van der Waals surface area contributed by atoms with Crippen molar-refractivity contribution in [2.75, 3.05) is 10.8 Å². The largest absolute Gasteiger partial charge is 0.352 e. The molecule has 0 aromatic heterocycles. The zero-order valence-corrected chi connectivity index (χ0v) is 25.1. The van der Waals surface area contributed by atoms with Crippen molar-refractivity contribution in [3.8, 4) is 0 Å². The minimum absolute atomic E-state index is 0.0979. The number of nitrogens with one attached hydrogen (secondary N) is 1. The van der Waals surface area contributed by atoms with Gasteiger partial charge in [-0.05, 0) is 68.5 Å². The van der Waals surface area contributed by atoms with Gasteiger partial charge in [-0.1, -0.05) is 86.3 Å². The van der Waals surface area contributed by atoms with E-state index in [0.29, 0.717) is 5.69 Å². The molecule has 1 saturated carbocycles. The third kappa shape index (κ3) is 7.76. The number of rotatable bonds is 11. The minimum atomic E-state index is -4.07. The first kappa shape index (κ1) is 30.3. The standard InChI is InChI=1S/C33H41N3O4S/c1-4-27-18-20-30(21-19-27)36(41(39,40)31-16-9-6-10-17-31)24-32(37)35(23-28-13-11-12-25(2)22-28)26(3)33(38)34-29-14-7-5-8-15-29/h6,9-13,16-22,26,29H,4-5,7-8,14-15,23-24H2,1-3H3,(H,34,38)/t26-/m0/s1. The summed E-state index contributed by atoms with van der Waals surface area (Å²) in [5, 5.41) is 3.14. The normalized spacial score (nSPS) is 14.7. The van der Waals surface area contributed by atoms with Crippen molar-refractivity contribution < 1.29 is 18.0 Å². The van der Waals surface area contributed by atoms with E-state index in [-0.39, 0.29) is 23.4 Å². The van der Waals surface area contributed by atoms with Gasteiger partial charge >= 0.3 is 0 Å². The molecule has 0 unspecified atom stereocenters. The molecule has 8 heteroatoms. The molecular weight excluding hydrogens is 534 g/mol. The number of benzene rings is 3. The Bertz CT molecular complexity index is 1420. The van der Waals surface area contributed by atoms with Crippen LogP contribution in [0.5, 0.6) is 0 Å². The Kier molecular flexibility index (Phi) is 10.2. The summed E-state index contributed by atoms with van der Waals surface area (Å²) in [7, 11) is -4.07. The molecule has 1 atom stereocenters. The Morgan fingerprint density at radius 3 is 2.22 bits per heavy atom. The Morgan fingerprint density at radius 1 is 0.902 bits per heavy atom. The lowest BCUT2D eigenvalue weighted by Gasteiger charge is -2.33. The highest BCUT2D eigenvalue weighted by Crippen LogP contribution is 2.25. The van der Waals surface area contributed by atoms with Gasteiger partial charge in [-0.15, -0.1) is 0 Å². The van der Waals surface area contributed by atoms with Gasteiger partial charge in [0, 0.05) is 12.6 Å². The SMILES string of the molecule is CCc1ccc(N(CC(=O)N(Cc2cccc(C)c2)[C@@H](C)C(=O)NC2CCCCC2)S(=O)(=O)c2ccccc2)cc1. The molecule has 1 fully saturated rings. The Balaban J connectivity index is 1.67. The molecule has 0 saturated heterocycles. The summed E-state index contributed by atoms with van der Waals surface area (Å²) in [6.45, 7) is 5.48. The van der Waals surface area contributed by atoms with Gasteiger partial charge in [0.1, 0.15) is 12.6 Å². The number of carbonyl (C=O) groups excluding carboxylic acids is 2. The van der Waals surface area contributed by atoms with Crippen molar-refractivity contribution in [1.82, 2.24) is 10.2 Å². The number of hydrogen-bond donors (Lipinski definition) is 1. The van der Waals surface area contributed by atoms with Crippen molar-refractivity contribution in [3.05, 3.63) is 95.6 Å². The van der Waals surface area contributed by atoms with E-state index in [1.807, 2.05) is 50.2 Å². The molecule has 0 bridgehead atoms. The summed E-state index contributed by atoms with van der Waals surface area (Å²) in [6.07, 6.45) is 6.00. The Morgan fingerprint density at radius 2 is 1.59 bits per heavy atom. The topological polar surface area (TPSA) is 86.8 Å². The van der Waals surface area contributed by atoms with E-state index in [1.54, 1.807) is 37.3 Å². The van der Waals surface area contributed by atoms with Gasteiger partial charge in [0.25, 0.3) is 10.0 Å². The highest BCUT2D eigenvalue weighted by molar-refractivity contribution is 7.92. The van der Waals surface area contributed by atoms with E-state index < -0.39 is 28.5 Å². The first-order valence-electron chi connectivity index (χ1n) is 14.5. The molecular formula is C33H41N3O4S. The third-order valence-electron chi connectivity index (χ3n) is 7.80. The zero-order chi connectivity index (χ0) is 29.4. The van der Waals surface area contributed by atoms with Crippen molar-refractivity contribution in [3.63, 3.8) is 0 Å². The molecule has 7 nitrogen and oxygen atoms in total. The monoisotopic (exact) mass is 575 g/mol. The fourth-order valence-corrected chi connectivity index (χ4v) is 6.74. The molecule has 41 heavy (non-hydrogen) atoms. The Labute approximate surface area is 244 Å². The van der Waals surface area contributed by atoms with Crippen molar-refractivity contribution in [2.45, 2.75) is 82.8 Å². The summed E-state index contributed by atoms with van der Waals surface area (Å²) in [6, 6.07) is 22.4. The summed E-state index contributed by atoms with van der Waals surface area (Å²) < 4.78 is 28.9. The first-order chi connectivity index (χ1) is 19.7. The van der Waals surface area contributed by atoms with Gasteiger partial charge in [0.15, 0.2) is 0 Å². The van der Waals surface area contributed by atoms with Crippen molar-refractivity contribution in [2.24, 2.45) is 0 Å². The summed E-state index contributed by atoms with van der Waals surface area (Å²) in [4.78, 5) is 29.1. The highest BCUT2D eigenvalue weighted by atomic mass is 32.2. The fourth-order valence-electron chi connectivity index (χ4n) is 5.30. The van der Waals surface area contributed by atoms with Crippen LogP contribution in [0.4, 0.5) is 5.69 Å². The predicted octanol–water partition coefficient (Wildman–Crippen LogP) is 5.62. The maximum atomic E-state index is 14.1. The number of carbonyl (C=O) groups is 2. The van der Waals surface area contributed by atoms with Crippen LogP contribution in [0.15, 0.2) is 83.8 Å². The van der Waals surface area contributed by atoms with E-state index >= 15 is 0 Å². The van der Waals surface area contributed by atoms with Crippen LogP contribution >= 0.6 is 0 Å². The highest BCUT2D eigenvalue weighted by Gasteiger charge is 2.33. The molecule has 3 aromatic carbocycles. The van der Waals surface area contributed by atoms with Crippen molar-refractivity contribution in [1.29, 1.82) is 0 Å². The molecule has 1 aliphatic rings. The molecule has 0 spiro atoms. The average Bonchev–Trinajstić information content (AvgIpc) is 2.99. The van der Waals surface area contributed by atoms with Crippen LogP contribution in [0.1, 0.15) is 62.6 Å². The van der Waals surface area contributed by atoms with Gasteiger partial charge in [-0.2, -0.15) is 0 Å². The van der Waals surface area contributed by atoms with Gasteiger partial charge in [-0.3, -0.25) is 13.9 Å². The lowest BCUT2D eigenvalue weighted by molar-refractivity contribution is -0.139. The zero-order valence-electron chi connectivity index (χ0n) is 24.3. The predicted molar refractivity (Wildman–Crippen MR) is 163 cm³/mol. The van der Waals surface area contributed by atoms with E-state index in [0.717, 1.165) is 53.1 Å². The van der Waals surface area contributed by atoms with Crippen LogP contribution in [-0.4, -0.2) is 43.8 Å². The number of amides is 2. The third-order valence-corrected chi connectivity index (χ3v) is 9.58. The molecule has 1 aliphatic carbocycles. The molecule has 218 valence electrons. The van der Waals surface area contributed by atoms with Crippen LogP contribution in [0, 0.1) is 6.92 Å². The summed E-state index contributed by atoms with van der Waals surface area (Å²) in [5.74, 6) is -0.667. The number of aryl methyl sites for hydroxylation is 2. The lowest BCUT2D eigenvalue weighted by atomic mass is 9.95. The van der Waals surface area contributed by atoms with Crippen LogP contribution in [-0.2, 0) is 32.6 Å². The second-order valence-electron chi connectivity index (χ2n) is 10.9. The molecule has 4 rings (SSSR count). The average molecular weight is 576 g/mol.